The third kappa shape index (κ3) is 4.71. The van der Waals surface area contributed by atoms with Gasteiger partial charge in [-0.1, -0.05) is 44.1 Å². The molecule has 1 fully saturated rings. The Morgan fingerprint density at radius 2 is 1.50 bits per heavy atom. The Morgan fingerprint density at radius 1 is 0.867 bits per heavy atom. The van der Waals surface area contributed by atoms with Crippen molar-refractivity contribution in [3.05, 3.63) is 65.2 Å². The van der Waals surface area contributed by atoms with Gasteiger partial charge >= 0.3 is 0 Å². The van der Waals surface area contributed by atoms with E-state index in [1.54, 1.807) is 19.1 Å². The molecule has 1 saturated carbocycles. The summed E-state index contributed by atoms with van der Waals surface area (Å²) in [5, 5.41) is 0. The van der Waals surface area contributed by atoms with Crippen molar-refractivity contribution in [3.63, 3.8) is 0 Å². The zero-order chi connectivity index (χ0) is 21.7. The summed E-state index contributed by atoms with van der Waals surface area (Å²) in [5.74, 6) is -4.21. The van der Waals surface area contributed by atoms with Gasteiger partial charge in [0.1, 0.15) is 6.61 Å². The van der Waals surface area contributed by atoms with E-state index in [-0.39, 0.29) is 29.4 Å². The minimum Gasteiger partial charge on any atom is -0.486 e. The van der Waals surface area contributed by atoms with Crippen molar-refractivity contribution in [1.82, 2.24) is 0 Å². The van der Waals surface area contributed by atoms with Crippen LogP contribution in [0.1, 0.15) is 63.9 Å². The Kier molecular flexibility index (Phi) is 7.57. The van der Waals surface area contributed by atoms with Crippen LogP contribution in [-0.4, -0.2) is 6.61 Å². The average Bonchev–Trinajstić information content (AvgIpc) is 2.75. The first-order chi connectivity index (χ1) is 14.5. The second kappa shape index (κ2) is 10.1. The van der Waals surface area contributed by atoms with Gasteiger partial charge < -0.3 is 4.74 Å². The molecule has 1 aliphatic rings. The Balaban J connectivity index is 1.84. The molecule has 0 N–H and O–H groups in total. The fourth-order valence-corrected chi connectivity index (χ4v) is 4.34. The lowest BCUT2D eigenvalue weighted by molar-refractivity contribution is 0.303. The van der Waals surface area contributed by atoms with E-state index in [2.05, 4.69) is 6.92 Å². The molecule has 0 unspecified atom stereocenters. The average molecular weight is 420 g/mol. The van der Waals surface area contributed by atoms with Crippen LogP contribution >= 0.6 is 0 Å². The smallest absolute Gasteiger partial charge is 0.201 e. The molecule has 0 saturated heterocycles. The van der Waals surface area contributed by atoms with Crippen molar-refractivity contribution in [2.75, 3.05) is 6.61 Å². The normalized spacial score (nSPS) is 19.4. The van der Waals surface area contributed by atoms with Gasteiger partial charge in [-0.05, 0) is 62.1 Å². The van der Waals surface area contributed by atoms with Crippen molar-refractivity contribution < 1.29 is 22.3 Å². The number of rotatable bonds is 7. The number of halogens is 4. The van der Waals surface area contributed by atoms with Crippen LogP contribution in [0.15, 0.2) is 36.4 Å². The Labute approximate surface area is 175 Å². The molecule has 0 heterocycles. The van der Waals surface area contributed by atoms with Crippen molar-refractivity contribution in [1.29, 1.82) is 0 Å². The molecule has 0 amide bonds. The van der Waals surface area contributed by atoms with E-state index >= 15 is 0 Å². The summed E-state index contributed by atoms with van der Waals surface area (Å²) in [6, 6.07) is 5.32. The van der Waals surface area contributed by atoms with Crippen LogP contribution in [0.2, 0.25) is 0 Å². The third-order valence-corrected chi connectivity index (χ3v) is 6.00. The lowest BCUT2D eigenvalue weighted by Crippen LogP contribution is -2.15. The molecular weight excluding hydrogens is 392 g/mol. The van der Waals surface area contributed by atoms with Crippen molar-refractivity contribution in [3.8, 4) is 16.9 Å². The summed E-state index contributed by atoms with van der Waals surface area (Å²) in [6.07, 6.45) is 9.33. The number of allylic oxidation sites excluding steroid dienone is 1. The van der Waals surface area contributed by atoms with Crippen molar-refractivity contribution in [2.24, 2.45) is 5.92 Å². The van der Waals surface area contributed by atoms with Gasteiger partial charge in [0.15, 0.2) is 23.2 Å². The quantitative estimate of drug-likeness (QED) is 0.326. The summed E-state index contributed by atoms with van der Waals surface area (Å²) in [5.41, 5.74) is -0.272. The second-order valence-electron chi connectivity index (χ2n) is 7.96. The maximum Gasteiger partial charge on any atom is 0.201 e. The number of benzene rings is 2. The van der Waals surface area contributed by atoms with Gasteiger partial charge in [0.25, 0.3) is 0 Å². The molecule has 0 atom stereocenters. The zero-order valence-corrected chi connectivity index (χ0v) is 17.5. The van der Waals surface area contributed by atoms with Crippen LogP contribution in [-0.2, 0) is 0 Å². The predicted octanol–water partition coefficient (Wildman–Crippen LogP) is 7.94. The molecule has 0 bridgehead atoms. The summed E-state index contributed by atoms with van der Waals surface area (Å²) < 4.78 is 63.8. The first kappa shape index (κ1) is 22.4. The van der Waals surface area contributed by atoms with Gasteiger partial charge in [0.2, 0.25) is 5.82 Å². The highest BCUT2D eigenvalue weighted by Gasteiger charge is 2.27. The SMILES string of the molecule is C/C=C/COc1ccc(-c2ccc(C3CCC(CCC)CC3)c(F)c2F)c(F)c1F. The van der Waals surface area contributed by atoms with E-state index in [9.17, 15) is 17.6 Å². The standard InChI is InChI=1S/C25H28F4O/c1-3-5-15-30-21-14-13-20(24(28)25(21)29)19-12-11-18(22(26)23(19)27)17-9-7-16(6-4-2)8-10-17/h3,5,11-14,16-17H,4,6-10,15H2,1-2H3/b5-3+. The van der Waals surface area contributed by atoms with E-state index in [0.29, 0.717) is 11.5 Å². The molecule has 0 aromatic heterocycles. The molecule has 3 rings (SSSR count). The largest absolute Gasteiger partial charge is 0.486 e. The molecule has 5 heteroatoms. The van der Waals surface area contributed by atoms with Crippen LogP contribution < -0.4 is 4.74 Å². The maximum atomic E-state index is 14.9. The van der Waals surface area contributed by atoms with E-state index in [1.807, 2.05) is 0 Å². The van der Waals surface area contributed by atoms with Gasteiger partial charge in [-0.2, -0.15) is 4.39 Å². The second-order valence-corrected chi connectivity index (χ2v) is 7.96. The van der Waals surface area contributed by atoms with Crippen LogP contribution in [0.4, 0.5) is 17.6 Å². The summed E-state index contributed by atoms with van der Waals surface area (Å²) in [7, 11) is 0. The number of hydrogen-bond donors (Lipinski definition) is 0. The molecule has 1 nitrogen and oxygen atoms in total. The van der Waals surface area contributed by atoms with Gasteiger partial charge in [0, 0.05) is 11.1 Å². The van der Waals surface area contributed by atoms with Crippen LogP contribution in [0, 0.1) is 29.2 Å². The summed E-state index contributed by atoms with van der Waals surface area (Å²) in [4.78, 5) is 0. The minimum atomic E-state index is -1.25. The monoisotopic (exact) mass is 420 g/mol. The molecule has 2 aromatic rings. The molecule has 2 aromatic carbocycles. The Bertz CT molecular complexity index is 899. The number of ether oxygens (including phenoxy) is 1. The summed E-state index contributed by atoms with van der Waals surface area (Å²) >= 11 is 0. The fraction of sp³-hybridized carbons (Fsp3) is 0.440. The van der Waals surface area contributed by atoms with E-state index < -0.39 is 23.3 Å². The summed E-state index contributed by atoms with van der Waals surface area (Å²) in [6.45, 7) is 4.02. The van der Waals surface area contributed by atoms with Gasteiger partial charge in [-0.15, -0.1) is 0 Å². The van der Waals surface area contributed by atoms with E-state index in [0.717, 1.165) is 32.1 Å². The first-order valence-corrected chi connectivity index (χ1v) is 10.7. The van der Waals surface area contributed by atoms with Crippen LogP contribution in [0.3, 0.4) is 0 Å². The minimum absolute atomic E-state index is 0.0364. The topological polar surface area (TPSA) is 9.23 Å². The lowest BCUT2D eigenvalue weighted by atomic mass is 9.77. The molecule has 0 aliphatic heterocycles. The van der Waals surface area contributed by atoms with Gasteiger partial charge in [-0.25, -0.2) is 13.2 Å². The highest BCUT2D eigenvalue weighted by Crippen LogP contribution is 2.40. The Morgan fingerprint density at radius 3 is 2.13 bits per heavy atom. The lowest BCUT2D eigenvalue weighted by Gasteiger charge is -2.29. The molecule has 0 radical (unpaired) electrons. The molecular formula is C25H28F4O. The molecule has 0 spiro atoms. The first-order valence-electron chi connectivity index (χ1n) is 10.7. The Hall–Kier alpha value is -2.30. The highest BCUT2D eigenvalue weighted by atomic mass is 19.2. The van der Waals surface area contributed by atoms with Gasteiger partial charge in [0.05, 0.1) is 0 Å². The van der Waals surface area contributed by atoms with Crippen LogP contribution in [0.25, 0.3) is 11.1 Å². The zero-order valence-electron chi connectivity index (χ0n) is 17.5. The molecule has 1 aliphatic carbocycles. The van der Waals surface area contributed by atoms with Crippen LogP contribution in [0.5, 0.6) is 5.75 Å². The molecule has 30 heavy (non-hydrogen) atoms. The fourth-order valence-electron chi connectivity index (χ4n) is 4.34. The maximum absolute atomic E-state index is 14.9. The number of hydrogen-bond acceptors (Lipinski definition) is 1. The van der Waals surface area contributed by atoms with E-state index in [1.165, 1.54) is 30.7 Å². The van der Waals surface area contributed by atoms with E-state index in [4.69, 9.17) is 4.74 Å². The predicted molar refractivity (Wildman–Crippen MR) is 112 cm³/mol. The molecule has 162 valence electrons. The van der Waals surface area contributed by atoms with Crippen molar-refractivity contribution >= 4 is 0 Å². The third-order valence-electron chi connectivity index (χ3n) is 6.00. The highest BCUT2D eigenvalue weighted by molar-refractivity contribution is 5.66. The van der Waals surface area contributed by atoms with Gasteiger partial charge in [-0.3, -0.25) is 0 Å². The van der Waals surface area contributed by atoms with Crippen molar-refractivity contribution in [2.45, 2.75) is 58.3 Å².